The van der Waals surface area contributed by atoms with E-state index < -0.39 is 0 Å². The summed E-state index contributed by atoms with van der Waals surface area (Å²) in [5.41, 5.74) is 2.82. The average molecular weight is 292 g/mol. The van der Waals surface area contributed by atoms with Gasteiger partial charge in [0.05, 0.1) is 23.9 Å². The van der Waals surface area contributed by atoms with Gasteiger partial charge >= 0.3 is 0 Å². The van der Waals surface area contributed by atoms with Gasteiger partial charge in [-0.25, -0.2) is 4.98 Å². The molecule has 0 amide bonds. The van der Waals surface area contributed by atoms with Crippen LogP contribution in [-0.2, 0) is 11.8 Å². The summed E-state index contributed by atoms with van der Waals surface area (Å²) in [5.74, 6) is 0. The Balaban J connectivity index is 2.75. The average Bonchev–Trinajstić information content (AvgIpc) is 2.56. The summed E-state index contributed by atoms with van der Waals surface area (Å²) < 4.78 is 2.99. The maximum atomic E-state index is 8.94. The van der Waals surface area contributed by atoms with Crippen molar-refractivity contribution in [2.24, 2.45) is 0 Å². The Bertz CT molecular complexity index is 599. The lowest BCUT2D eigenvalue weighted by atomic mass is 9.90. The Hall–Kier alpha value is -1.34. The molecule has 0 saturated carbocycles. The first-order valence-electron chi connectivity index (χ1n) is 5.47. The maximum absolute atomic E-state index is 8.94. The normalized spacial score (nSPS) is 11.7. The first-order chi connectivity index (χ1) is 7.93. The Morgan fingerprint density at radius 2 is 2.18 bits per heavy atom. The second-order valence-electron chi connectivity index (χ2n) is 5.07. The lowest BCUT2D eigenvalue weighted by Crippen LogP contribution is -2.14. The van der Waals surface area contributed by atoms with Crippen LogP contribution in [0.5, 0.6) is 0 Å². The summed E-state index contributed by atoms with van der Waals surface area (Å²) in [7, 11) is 0. The number of aromatic nitrogens is 2. The highest BCUT2D eigenvalue weighted by atomic mass is 79.9. The molecule has 0 bridgehead atoms. The number of hydrogen-bond acceptors (Lipinski definition) is 2. The molecule has 0 aliphatic heterocycles. The summed E-state index contributed by atoms with van der Waals surface area (Å²) in [6.07, 6.45) is 2.34. The van der Waals surface area contributed by atoms with Gasteiger partial charge in [-0.05, 0) is 12.1 Å². The van der Waals surface area contributed by atoms with Crippen LogP contribution < -0.4 is 0 Å². The molecule has 3 nitrogen and oxygen atoms in total. The van der Waals surface area contributed by atoms with Gasteiger partial charge in [-0.2, -0.15) is 5.26 Å². The van der Waals surface area contributed by atoms with Crippen molar-refractivity contribution in [3.8, 4) is 6.07 Å². The summed E-state index contributed by atoms with van der Waals surface area (Å²) in [5, 5.41) is 8.94. The van der Waals surface area contributed by atoms with E-state index in [4.69, 9.17) is 5.26 Å². The molecule has 2 aromatic heterocycles. The maximum Gasteiger partial charge on any atom is 0.138 e. The number of rotatable bonds is 1. The number of nitrogens with zero attached hydrogens (tertiary/aromatic N) is 3. The van der Waals surface area contributed by atoms with Crippen molar-refractivity contribution < 1.29 is 0 Å². The Morgan fingerprint density at radius 1 is 1.47 bits per heavy atom. The van der Waals surface area contributed by atoms with Gasteiger partial charge in [-0.1, -0.05) is 36.7 Å². The highest BCUT2D eigenvalue weighted by Gasteiger charge is 2.23. The smallest absolute Gasteiger partial charge is 0.138 e. The van der Waals surface area contributed by atoms with Gasteiger partial charge in [0.15, 0.2) is 0 Å². The molecular weight excluding hydrogens is 278 g/mol. The molecule has 0 aliphatic carbocycles. The molecule has 2 aromatic rings. The van der Waals surface area contributed by atoms with E-state index in [1.807, 2.05) is 22.7 Å². The molecule has 2 rings (SSSR count). The van der Waals surface area contributed by atoms with Crippen molar-refractivity contribution in [2.75, 3.05) is 0 Å². The molecule has 88 valence electrons. The number of imidazole rings is 1. The molecular formula is C13H14BrN3. The van der Waals surface area contributed by atoms with E-state index in [1.54, 1.807) is 0 Å². The van der Waals surface area contributed by atoms with Gasteiger partial charge in [0.25, 0.3) is 0 Å². The molecule has 0 radical (unpaired) electrons. The van der Waals surface area contributed by atoms with E-state index in [0.29, 0.717) is 6.42 Å². The van der Waals surface area contributed by atoms with Gasteiger partial charge in [-0.15, -0.1) is 0 Å². The van der Waals surface area contributed by atoms with Crippen LogP contribution in [0.2, 0.25) is 0 Å². The van der Waals surface area contributed by atoms with E-state index in [2.05, 4.69) is 47.8 Å². The van der Waals surface area contributed by atoms with E-state index in [-0.39, 0.29) is 5.41 Å². The van der Waals surface area contributed by atoms with Crippen molar-refractivity contribution >= 4 is 21.6 Å². The van der Waals surface area contributed by atoms with E-state index >= 15 is 0 Å². The minimum atomic E-state index is -0.0509. The highest BCUT2D eigenvalue weighted by Crippen LogP contribution is 2.27. The van der Waals surface area contributed by atoms with Crippen LogP contribution in [0.1, 0.15) is 32.2 Å². The highest BCUT2D eigenvalue weighted by molar-refractivity contribution is 9.10. The monoisotopic (exact) mass is 291 g/mol. The largest absolute Gasteiger partial charge is 0.303 e. The third-order valence-corrected chi connectivity index (χ3v) is 3.14. The number of halogens is 1. The molecule has 0 atom stereocenters. The lowest BCUT2D eigenvalue weighted by molar-refractivity contribution is 0.566. The summed E-state index contributed by atoms with van der Waals surface area (Å²) >= 11 is 3.44. The first-order valence-corrected chi connectivity index (χ1v) is 6.26. The van der Waals surface area contributed by atoms with Gasteiger partial charge in [0, 0.05) is 16.1 Å². The van der Waals surface area contributed by atoms with Crippen LogP contribution in [0, 0.1) is 11.3 Å². The molecule has 0 N–H and O–H groups in total. The fourth-order valence-corrected chi connectivity index (χ4v) is 2.24. The molecule has 0 saturated heterocycles. The number of fused-ring (bicyclic) bond motifs is 1. The van der Waals surface area contributed by atoms with Crippen molar-refractivity contribution in [3.63, 3.8) is 0 Å². The zero-order valence-corrected chi connectivity index (χ0v) is 11.7. The number of nitriles is 1. The van der Waals surface area contributed by atoms with Crippen LogP contribution in [0.15, 0.2) is 22.8 Å². The quantitative estimate of drug-likeness (QED) is 0.807. The minimum Gasteiger partial charge on any atom is -0.303 e. The predicted molar refractivity (Wildman–Crippen MR) is 70.9 cm³/mol. The molecule has 17 heavy (non-hydrogen) atoms. The Kier molecular flexibility index (Phi) is 2.96. The Morgan fingerprint density at radius 3 is 2.76 bits per heavy atom. The van der Waals surface area contributed by atoms with Crippen LogP contribution >= 0.6 is 15.9 Å². The van der Waals surface area contributed by atoms with Gasteiger partial charge in [0.1, 0.15) is 5.65 Å². The van der Waals surface area contributed by atoms with Gasteiger partial charge in [0.2, 0.25) is 0 Å². The topological polar surface area (TPSA) is 41.1 Å². The summed E-state index contributed by atoms with van der Waals surface area (Å²) in [6.45, 7) is 6.35. The minimum absolute atomic E-state index is 0.0509. The fraction of sp³-hybridized carbons (Fsp3) is 0.385. The molecule has 2 heterocycles. The SMILES string of the molecule is CC(C)(C)c1nc2cc(Br)ccn2c1CC#N. The van der Waals surface area contributed by atoms with Crippen molar-refractivity contribution in [2.45, 2.75) is 32.6 Å². The predicted octanol–water partition coefficient (Wildman–Crippen LogP) is 3.46. The zero-order valence-electron chi connectivity index (χ0n) is 10.2. The third kappa shape index (κ3) is 2.20. The van der Waals surface area contributed by atoms with Crippen LogP contribution in [0.4, 0.5) is 0 Å². The molecule has 0 aromatic carbocycles. The number of hydrogen-bond donors (Lipinski definition) is 0. The fourth-order valence-electron chi connectivity index (χ4n) is 1.92. The summed E-state index contributed by atoms with van der Waals surface area (Å²) in [4.78, 5) is 4.65. The van der Waals surface area contributed by atoms with E-state index in [1.165, 1.54) is 0 Å². The third-order valence-electron chi connectivity index (χ3n) is 2.64. The van der Waals surface area contributed by atoms with E-state index in [9.17, 15) is 0 Å². The molecule has 0 spiro atoms. The second kappa shape index (κ2) is 4.15. The Labute approximate surface area is 109 Å². The molecule has 4 heteroatoms. The molecule has 0 unspecified atom stereocenters. The lowest BCUT2D eigenvalue weighted by Gasteiger charge is -2.16. The summed E-state index contributed by atoms with van der Waals surface area (Å²) in [6, 6.07) is 6.15. The standard InChI is InChI=1S/C13H14BrN3/c1-13(2,3)12-10(4-6-15)17-7-5-9(14)8-11(17)16-12/h5,7-8H,4H2,1-3H3. The van der Waals surface area contributed by atoms with Crippen molar-refractivity contribution in [3.05, 3.63) is 34.2 Å². The van der Waals surface area contributed by atoms with Crippen LogP contribution in [0.3, 0.4) is 0 Å². The zero-order chi connectivity index (χ0) is 12.6. The van der Waals surface area contributed by atoms with Crippen LogP contribution in [-0.4, -0.2) is 9.38 Å². The van der Waals surface area contributed by atoms with Crippen molar-refractivity contribution in [1.29, 1.82) is 5.26 Å². The second-order valence-corrected chi connectivity index (χ2v) is 5.98. The molecule has 0 fully saturated rings. The van der Waals surface area contributed by atoms with Gasteiger partial charge < -0.3 is 4.40 Å². The first kappa shape index (κ1) is 12.1. The van der Waals surface area contributed by atoms with Crippen LogP contribution in [0.25, 0.3) is 5.65 Å². The van der Waals surface area contributed by atoms with Crippen molar-refractivity contribution in [1.82, 2.24) is 9.38 Å². The van der Waals surface area contributed by atoms with Gasteiger partial charge in [-0.3, -0.25) is 0 Å². The molecule has 0 aliphatic rings. The number of pyridine rings is 1. The van der Waals surface area contributed by atoms with E-state index in [0.717, 1.165) is 21.5 Å².